The Bertz CT molecular complexity index is 905. The molecule has 0 aliphatic carbocycles. The predicted molar refractivity (Wildman–Crippen MR) is 114 cm³/mol. The Morgan fingerprint density at radius 2 is 2.03 bits per heavy atom. The summed E-state index contributed by atoms with van der Waals surface area (Å²) in [6.07, 6.45) is 6.67. The van der Waals surface area contributed by atoms with Crippen LogP contribution < -0.4 is 10.6 Å². The summed E-state index contributed by atoms with van der Waals surface area (Å²) in [6.45, 7) is 5.94. The molecule has 2 aliphatic rings. The first-order valence-corrected chi connectivity index (χ1v) is 10.9. The minimum absolute atomic E-state index is 0.0622. The molecule has 4 rings (SSSR count). The van der Waals surface area contributed by atoms with Gasteiger partial charge in [0.05, 0.1) is 6.54 Å². The first kappa shape index (κ1) is 21.3. The quantitative estimate of drug-likeness (QED) is 0.754. The molecule has 1 saturated heterocycles. The molecule has 0 radical (unpaired) electrons. The molecule has 1 atom stereocenters. The lowest BCUT2D eigenvalue weighted by molar-refractivity contribution is -0.171. The van der Waals surface area contributed by atoms with Crippen molar-refractivity contribution < 1.29 is 14.3 Å². The van der Waals surface area contributed by atoms with Gasteiger partial charge in [-0.3, -0.25) is 9.78 Å². The minimum Gasteiger partial charge on any atom is -0.353 e. The second-order valence-electron chi connectivity index (χ2n) is 8.46. The van der Waals surface area contributed by atoms with E-state index >= 15 is 0 Å². The average molecular weight is 427 g/mol. The van der Waals surface area contributed by atoms with Crippen molar-refractivity contribution >= 4 is 11.9 Å². The van der Waals surface area contributed by atoms with Gasteiger partial charge >= 0.3 is 6.03 Å². The van der Waals surface area contributed by atoms with Crippen molar-refractivity contribution in [2.75, 3.05) is 19.6 Å². The number of piperidine rings is 1. The van der Waals surface area contributed by atoms with Crippen LogP contribution in [0.5, 0.6) is 0 Å². The fourth-order valence-electron chi connectivity index (χ4n) is 4.26. The van der Waals surface area contributed by atoms with E-state index in [9.17, 15) is 9.59 Å². The number of imidazole rings is 1. The summed E-state index contributed by atoms with van der Waals surface area (Å²) in [6, 6.07) is 5.78. The third kappa shape index (κ3) is 4.71. The van der Waals surface area contributed by atoms with Gasteiger partial charge in [0.25, 0.3) is 5.91 Å². The molecular weight excluding hydrogens is 396 g/mol. The SMILES string of the molecule is CC(C)NC(=O)N1CCC2(CC1)O[C@@H](C(=O)NCCc1ccccn1)Cn1ccnc12. The lowest BCUT2D eigenvalue weighted by Gasteiger charge is -2.45. The summed E-state index contributed by atoms with van der Waals surface area (Å²) in [5.41, 5.74) is 0.284. The lowest BCUT2D eigenvalue weighted by atomic mass is 9.88. The number of fused-ring (bicyclic) bond motifs is 2. The van der Waals surface area contributed by atoms with Crippen LogP contribution in [0.1, 0.15) is 38.2 Å². The van der Waals surface area contributed by atoms with Gasteiger partial charge < -0.3 is 24.8 Å². The number of hydrogen-bond donors (Lipinski definition) is 2. The lowest BCUT2D eigenvalue weighted by Crippen LogP contribution is -2.56. The van der Waals surface area contributed by atoms with Crippen molar-refractivity contribution in [2.24, 2.45) is 0 Å². The first-order chi connectivity index (χ1) is 15.0. The van der Waals surface area contributed by atoms with Gasteiger partial charge in [-0.25, -0.2) is 9.78 Å². The number of carbonyl (C=O) groups is 2. The van der Waals surface area contributed by atoms with Crippen molar-refractivity contribution in [2.45, 2.75) is 57.4 Å². The van der Waals surface area contributed by atoms with E-state index in [2.05, 4.69) is 20.6 Å². The zero-order valence-corrected chi connectivity index (χ0v) is 18.1. The number of pyridine rings is 1. The first-order valence-electron chi connectivity index (χ1n) is 10.9. The maximum atomic E-state index is 12.9. The number of urea groups is 1. The summed E-state index contributed by atoms with van der Waals surface area (Å²) in [7, 11) is 0. The Labute approximate surface area is 182 Å². The number of nitrogens with zero attached hydrogens (tertiary/aromatic N) is 4. The molecule has 31 heavy (non-hydrogen) atoms. The molecule has 4 heterocycles. The van der Waals surface area contributed by atoms with Crippen LogP contribution in [0.15, 0.2) is 36.8 Å². The van der Waals surface area contributed by atoms with Gasteiger partial charge in [-0.15, -0.1) is 0 Å². The van der Waals surface area contributed by atoms with Gasteiger partial charge in [0, 0.05) is 69.2 Å². The Hall–Kier alpha value is -2.94. The second kappa shape index (κ2) is 9.05. The van der Waals surface area contributed by atoms with Crippen LogP contribution in [0.3, 0.4) is 0 Å². The van der Waals surface area contributed by atoms with Crippen LogP contribution in [-0.4, -0.2) is 63.2 Å². The third-order valence-corrected chi connectivity index (χ3v) is 5.82. The van der Waals surface area contributed by atoms with Gasteiger partial charge in [-0.1, -0.05) is 6.07 Å². The molecule has 1 spiro atoms. The molecule has 0 bridgehead atoms. The van der Waals surface area contributed by atoms with E-state index in [0.29, 0.717) is 45.4 Å². The number of aromatic nitrogens is 3. The van der Waals surface area contributed by atoms with Gasteiger partial charge in [-0.05, 0) is 26.0 Å². The topological polar surface area (TPSA) is 101 Å². The molecule has 2 N–H and O–H groups in total. The summed E-state index contributed by atoms with van der Waals surface area (Å²) in [5, 5.41) is 5.92. The Morgan fingerprint density at radius 1 is 1.23 bits per heavy atom. The molecule has 2 aliphatic heterocycles. The minimum atomic E-state index is -0.653. The van der Waals surface area contributed by atoms with Crippen LogP contribution in [0, 0.1) is 0 Å². The molecule has 0 aromatic carbocycles. The van der Waals surface area contributed by atoms with Gasteiger partial charge in [-0.2, -0.15) is 0 Å². The van der Waals surface area contributed by atoms with Crippen LogP contribution in [0.4, 0.5) is 4.79 Å². The van der Waals surface area contributed by atoms with Crippen molar-refractivity contribution in [1.82, 2.24) is 30.1 Å². The summed E-state index contributed by atoms with van der Waals surface area (Å²) in [4.78, 5) is 35.9. The molecule has 0 saturated carbocycles. The highest BCUT2D eigenvalue weighted by molar-refractivity contribution is 5.81. The number of hydrogen-bond acceptors (Lipinski definition) is 5. The fraction of sp³-hybridized carbons (Fsp3) is 0.545. The fourth-order valence-corrected chi connectivity index (χ4v) is 4.26. The largest absolute Gasteiger partial charge is 0.353 e. The smallest absolute Gasteiger partial charge is 0.317 e. The van der Waals surface area contributed by atoms with Gasteiger partial charge in [0.2, 0.25) is 0 Å². The number of likely N-dealkylation sites (tertiary alicyclic amines) is 1. The van der Waals surface area contributed by atoms with Crippen LogP contribution in [0.2, 0.25) is 0 Å². The van der Waals surface area contributed by atoms with E-state index < -0.39 is 11.7 Å². The third-order valence-electron chi connectivity index (χ3n) is 5.82. The monoisotopic (exact) mass is 426 g/mol. The molecule has 3 amide bonds. The van der Waals surface area contributed by atoms with Crippen LogP contribution >= 0.6 is 0 Å². The molecular formula is C22H30N6O3. The average Bonchev–Trinajstić information content (AvgIpc) is 3.24. The number of amides is 3. The second-order valence-corrected chi connectivity index (χ2v) is 8.46. The van der Waals surface area contributed by atoms with Crippen molar-refractivity contribution in [3.05, 3.63) is 48.3 Å². The molecule has 2 aromatic rings. The van der Waals surface area contributed by atoms with Crippen molar-refractivity contribution in [3.63, 3.8) is 0 Å². The van der Waals surface area contributed by atoms with Crippen molar-refractivity contribution in [1.29, 1.82) is 0 Å². The number of carbonyl (C=O) groups excluding carboxylic acids is 2. The molecule has 9 heteroatoms. The standard InChI is InChI=1S/C22H30N6O3/c1-16(2)26-21(30)27-12-7-22(8-13-27)20-25-11-14-28(20)15-18(31-22)19(29)24-10-6-17-5-3-4-9-23-17/h3-5,9,11,14,16,18H,6-8,10,12-13,15H2,1-2H3,(H,24,29)(H,26,30)/t18-/m1/s1. The summed E-state index contributed by atoms with van der Waals surface area (Å²) >= 11 is 0. The molecule has 2 aromatic heterocycles. The maximum absolute atomic E-state index is 12.9. The summed E-state index contributed by atoms with van der Waals surface area (Å²) < 4.78 is 8.41. The van der Waals surface area contributed by atoms with E-state index in [1.807, 2.05) is 42.8 Å². The van der Waals surface area contributed by atoms with E-state index in [4.69, 9.17) is 4.74 Å². The van der Waals surface area contributed by atoms with Gasteiger partial charge in [0.1, 0.15) is 11.4 Å². The molecule has 9 nitrogen and oxygen atoms in total. The van der Waals surface area contributed by atoms with E-state index in [-0.39, 0.29) is 18.0 Å². The highest BCUT2D eigenvalue weighted by atomic mass is 16.5. The van der Waals surface area contributed by atoms with E-state index in [1.165, 1.54) is 0 Å². The number of nitrogens with one attached hydrogen (secondary N) is 2. The Kier molecular flexibility index (Phi) is 6.22. The predicted octanol–water partition coefficient (Wildman–Crippen LogP) is 1.44. The molecule has 1 fully saturated rings. The highest BCUT2D eigenvalue weighted by Crippen LogP contribution is 2.40. The Morgan fingerprint density at radius 3 is 2.74 bits per heavy atom. The molecule has 0 unspecified atom stereocenters. The Balaban J connectivity index is 1.39. The van der Waals surface area contributed by atoms with Crippen LogP contribution in [-0.2, 0) is 28.1 Å². The zero-order chi connectivity index (χ0) is 21.8. The number of ether oxygens (including phenoxy) is 1. The zero-order valence-electron chi connectivity index (χ0n) is 18.1. The normalized spacial score (nSPS) is 19.8. The summed E-state index contributed by atoms with van der Waals surface area (Å²) in [5.74, 6) is 0.712. The highest BCUT2D eigenvalue weighted by Gasteiger charge is 2.47. The van der Waals surface area contributed by atoms with Crippen LogP contribution in [0.25, 0.3) is 0 Å². The van der Waals surface area contributed by atoms with Gasteiger partial charge in [0.15, 0.2) is 6.10 Å². The molecule has 166 valence electrons. The van der Waals surface area contributed by atoms with E-state index in [1.54, 1.807) is 17.3 Å². The maximum Gasteiger partial charge on any atom is 0.317 e. The number of rotatable bonds is 5. The van der Waals surface area contributed by atoms with Crippen molar-refractivity contribution in [3.8, 4) is 0 Å². The van der Waals surface area contributed by atoms with E-state index in [0.717, 1.165) is 11.5 Å².